The first kappa shape index (κ1) is 23.9. The highest BCUT2D eigenvalue weighted by Crippen LogP contribution is 2.29. The van der Waals surface area contributed by atoms with E-state index in [4.69, 9.17) is 18.3 Å². The molecule has 1 N–H and O–H groups in total. The van der Waals surface area contributed by atoms with Crippen LogP contribution in [-0.2, 0) is 17.8 Å². The van der Waals surface area contributed by atoms with Crippen LogP contribution < -0.4 is 20.2 Å². The summed E-state index contributed by atoms with van der Waals surface area (Å²) in [6.07, 6.45) is 3.44. The molecule has 7 nitrogen and oxygen atoms in total. The molecule has 0 aliphatic rings. The quantitative estimate of drug-likeness (QED) is 0.266. The highest BCUT2D eigenvalue weighted by atomic mass is 16.5. The maximum atomic E-state index is 13.2. The van der Waals surface area contributed by atoms with Crippen LogP contribution in [0.2, 0.25) is 0 Å². The van der Waals surface area contributed by atoms with E-state index < -0.39 is 0 Å². The molecule has 0 aliphatic carbocycles. The average Bonchev–Trinajstić information content (AvgIpc) is 3.47. The average molecular weight is 496 g/mol. The molecule has 2 aromatic heterocycles. The highest BCUT2D eigenvalue weighted by Gasteiger charge is 2.15. The third-order valence-electron chi connectivity index (χ3n) is 5.89. The number of ether oxygens (including phenoxy) is 2. The van der Waals surface area contributed by atoms with Gasteiger partial charge in [0.15, 0.2) is 6.61 Å². The molecule has 186 valence electrons. The van der Waals surface area contributed by atoms with Crippen LogP contribution in [0.25, 0.3) is 22.1 Å². The summed E-state index contributed by atoms with van der Waals surface area (Å²) in [4.78, 5) is 25.3. The standard InChI is InChI=1S/C30H25NO6/c1-2-20-15-25-27(16-26(20)36-19-29(32)31-17-24-9-6-14-34-24)35-18-28(30(25)33)37-23-12-10-22(11-13-23)21-7-4-3-5-8-21/h3-16,18H,2,17,19H2,1H3,(H,31,32). The van der Waals surface area contributed by atoms with Gasteiger partial charge in [0.05, 0.1) is 18.2 Å². The first-order valence-corrected chi connectivity index (χ1v) is 11.9. The van der Waals surface area contributed by atoms with Gasteiger partial charge in [-0.05, 0) is 53.4 Å². The molecule has 2 heterocycles. The van der Waals surface area contributed by atoms with E-state index in [0.29, 0.717) is 34.6 Å². The molecule has 7 heteroatoms. The lowest BCUT2D eigenvalue weighted by Crippen LogP contribution is -2.28. The Labute approximate surface area is 213 Å². The summed E-state index contributed by atoms with van der Waals surface area (Å²) in [6, 6.07) is 24.4. The fraction of sp³-hybridized carbons (Fsp3) is 0.133. The van der Waals surface area contributed by atoms with E-state index in [-0.39, 0.29) is 30.2 Å². The second-order valence-corrected chi connectivity index (χ2v) is 8.38. The van der Waals surface area contributed by atoms with Crippen molar-refractivity contribution in [2.24, 2.45) is 0 Å². The monoisotopic (exact) mass is 495 g/mol. The molecule has 5 aromatic rings. The lowest BCUT2D eigenvalue weighted by Gasteiger charge is -2.12. The summed E-state index contributed by atoms with van der Waals surface area (Å²) in [6.45, 7) is 2.05. The van der Waals surface area contributed by atoms with Gasteiger partial charge in [0.25, 0.3) is 5.91 Å². The van der Waals surface area contributed by atoms with Crippen molar-refractivity contribution in [1.82, 2.24) is 5.32 Å². The summed E-state index contributed by atoms with van der Waals surface area (Å²) in [5.41, 5.74) is 2.99. The number of nitrogens with one attached hydrogen (secondary N) is 1. The molecule has 1 amide bonds. The van der Waals surface area contributed by atoms with Crippen LogP contribution in [-0.4, -0.2) is 12.5 Å². The van der Waals surface area contributed by atoms with E-state index in [1.54, 1.807) is 30.5 Å². The predicted octanol–water partition coefficient (Wildman–Crippen LogP) is 6.10. The fourth-order valence-corrected chi connectivity index (χ4v) is 3.93. The van der Waals surface area contributed by atoms with Crippen LogP contribution in [0.5, 0.6) is 17.2 Å². The zero-order valence-corrected chi connectivity index (χ0v) is 20.2. The molecule has 0 aliphatic heterocycles. The van der Waals surface area contributed by atoms with Gasteiger partial charge in [-0.2, -0.15) is 0 Å². The fourth-order valence-electron chi connectivity index (χ4n) is 3.93. The Morgan fingerprint density at radius 3 is 2.41 bits per heavy atom. The van der Waals surface area contributed by atoms with Crippen molar-refractivity contribution < 1.29 is 23.1 Å². The minimum atomic E-state index is -0.290. The van der Waals surface area contributed by atoms with E-state index in [0.717, 1.165) is 16.7 Å². The van der Waals surface area contributed by atoms with E-state index >= 15 is 0 Å². The molecular formula is C30H25NO6. The van der Waals surface area contributed by atoms with Crippen LogP contribution in [0.1, 0.15) is 18.2 Å². The van der Waals surface area contributed by atoms with Crippen LogP contribution in [0.4, 0.5) is 0 Å². The second kappa shape index (κ2) is 10.9. The Hall–Kier alpha value is -4.78. The number of benzene rings is 3. The maximum Gasteiger partial charge on any atom is 0.258 e. The number of aryl methyl sites for hydroxylation is 1. The Morgan fingerprint density at radius 1 is 0.892 bits per heavy atom. The summed E-state index contributed by atoms with van der Waals surface area (Å²) in [5, 5.41) is 3.11. The molecule has 0 saturated carbocycles. The Kier molecular flexibility index (Phi) is 7.03. The van der Waals surface area contributed by atoms with Crippen molar-refractivity contribution in [2.45, 2.75) is 19.9 Å². The van der Waals surface area contributed by atoms with Crippen LogP contribution >= 0.6 is 0 Å². The number of rotatable bonds is 9. The van der Waals surface area contributed by atoms with Gasteiger partial charge in [0.1, 0.15) is 29.1 Å². The molecule has 37 heavy (non-hydrogen) atoms. The van der Waals surface area contributed by atoms with E-state index in [9.17, 15) is 9.59 Å². The van der Waals surface area contributed by atoms with Crippen LogP contribution in [0, 0.1) is 0 Å². The topological polar surface area (TPSA) is 90.9 Å². The molecule has 0 bridgehead atoms. The third-order valence-corrected chi connectivity index (χ3v) is 5.89. The van der Waals surface area contributed by atoms with Gasteiger partial charge >= 0.3 is 0 Å². The van der Waals surface area contributed by atoms with Gasteiger partial charge < -0.3 is 23.6 Å². The van der Waals surface area contributed by atoms with Crippen molar-refractivity contribution in [3.63, 3.8) is 0 Å². The first-order valence-electron chi connectivity index (χ1n) is 11.9. The van der Waals surface area contributed by atoms with E-state index in [2.05, 4.69) is 5.32 Å². The molecule has 0 spiro atoms. The Morgan fingerprint density at radius 2 is 1.68 bits per heavy atom. The number of carbonyl (C=O) groups is 1. The number of furan rings is 1. The largest absolute Gasteiger partial charge is 0.483 e. The van der Waals surface area contributed by atoms with Crippen LogP contribution in [0.15, 0.2) is 105 Å². The SMILES string of the molecule is CCc1cc2c(=O)c(Oc3ccc(-c4ccccc4)cc3)coc2cc1OCC(=O)NCc1ccco1. The number of hydrogen-bond donors (Lipinski definition) is 1. The van der Waals surface area contributed by atoms with Crippen molar-refractivity contribution in [3.8, 4) is 28.4 Å². The molecule has 0 fully saturated rings. The normalized spacial score (nSPS) is 10.8. The molecule has 0 saturated heterocycles. The zero-order valence-electron chi connectivity index (χ0n) is 20.2. The van der Waals surface area contributed by atoms with Gasteiger partial charge in [-0.1, -0.05) is 49.4 Å². The summed E-state index contributed by atoms with van der Waals surface area (Å²) in [5.74, 6) is 1.47. The molecule has 0 unspecified atom stereocenters. The van der Waals surface area contributed by atoms with Crippen molar-refractivity contribution >= 4 is 16.9 Å². The lowest BCUT2D eigenvalue weighted by molar-refractivity contribution is -0.123. The molecule has 0 atom stereocenters. The van der Waals surface area contributed by atoms with E-state index in [1.165, 1.54) is 6.26 Å². The molecule has 3 aromatic carbocycles. The van der Waals surface area contributed by atoms with Crippen molar-refractivity contribution in [1.29, 1.82) is 0 Å². The minimum Gasteiger partial charge on any atom is -0.483 e. The minimum absolute atomic E-state index is 0.0907. The summed E-state index contributed by atoms with van der Waals surface area (Å²) >= 11 is 0. The lowest BCUT2D eigenvalue weighted by atomic mass is 10.1. The van der Waals surface area contributed by atoms with Gasteiger partial charge in [0, 0.05) is 6.07 Å². The summed E-state index contributed by atoms with van der Waals surface area (Å²) in [7, 11) is 0. The van der Waals surface area contributed by atoms with Crippen molar-refractivity contribution in [3.05, 3.63) is 113 Å². The summed E-state index contributed by atoms with van der Waals surface area (Å²) < 4.78 is 22.5. The van der Waals surface area contributed by atoms with Crippen LogP contribution in [0.3, 0.4) is 0 Å². The Bertz CT molecular complexity index is 1550. The number of carbonyl (C=O) groups excluding carboxylic acids is 1. The molecular weight excluding hydrogens is 470 g/mol. The third kappa shape index (κ3) is 5.56. The first-order chi connectivity index (χ1) is 18.1. The highest BCUT2D eigenvalue weighted by molar-refractivity contribution is 5.81. The smallest absolute Gasteiger partial charge is 0.258 e. The van der Waals surface area contributed by atoms with Gasteiger partial charge in [-0.25, -0.2) is 0 Å². The van der Waals surface area contributed by atoms with Crippen molar-refractivity contribution in [2.75, 3.05) is 6.61 Å². The van der Waals surface area contributed by atoms with Gasteiger partial charge in [-0.15, -0.1) is 0 Å². The van der Waals surface area contributed by atoms with E-state index in [1.807, 2.05) is 61.5 Å². The second-order valence-electron chi connectivity index (χ2n) is 8.38. The number of amides is 1. The maximum absolute atomic E-state index is 13.2. The Balaban J connectivity index is 1.30. The van der Waals surface area contributed by atoms with Gasteiger partial charge in [-0.3, -0.25) is 9.59 Å². The predicted molar refractivity (Wildman–Crippen MR) is 140 cm³/mol. The van der Waals surface area contributed by atoms with Gasteiger partial charge in [0.2, 0.25) is 11.2 Å². The molecule has 5 rings (SSSR count). The number of hydrogen-bond acceptors (Lipinski definition) is 6. The molecule has 0 radical (unpaired) electrons. The number of fused-ring (bicyclic) bond motifs is 1. The zero-order chi connectivity index (χ0) is 25.6.